The molecule has 3 rings (SSSR count). The monoisotopic (exact) mass is 390 g/mol. The third-order valence-corrected chi connectivity index (χ3v) is 6.00. The summed E-state index contributed by atoms with van der Waals surface area (Å²) in [5.74, 6) is -0.376. The minimum Gasteiger partial charge on any atom is -0.340 e. The average Bonchev–Trinajstić information content (AvgIpc) is 2.69. The van der Waals surface area contributed by atoms with Crippen LogP contribution in [0.2, 0.25) is 0 Å². The zero-order valence-corrected chi connectivity index (χ0v) is 17.0. The largest absolute Gasteiger partial charge is 0.340 e. The van der Waals surface area contributed by atoms with Crippen molar-refractivity contribution in [3.63, 3.8) is 0 Å². The molecule has 2 N–H and O–H groups in total. The quantitative estimate of drug-likeness (QED) is 0.778. The highest BCUT2D eigenvalue weighted by atomic mass is 19.1. The Bertz CT molecular complexity index is 724. The molecule has 7 heteroatoms. The van der Waals surface area contributed by atoms with E-state index in [0.29, 0.717) is 13.0 Å². The maximum absolute atomic E-state index is 14.3. The number of hydrogen-bond acceptors (Lipinski definition) is 4. The van der Waals surface area contributed by atoms with Crippen LogP contribution in [0.25, 0.3) is 0 Å². The van der Waals surface area contributed by atoms with E-state index in [0.717, 1.165) is 37.8 Å². The van der Waals surface area contributed by atoms with Crippen LogP contribution in [0.1, 0.15) is 41.6 Å². The number of carbonyl (C=O) groups is 2. The highest BCUT2D eigenvalue weighted by Crippen LogP contribution is 2.35. The van der Waals surface area contributed by atoms with Crippen LogP contribution < -0.4 is 10.9 Å². The van der Waals surface area contributed by atoms with Crippen LogP contribution in [-0.2, 0) is 11.2 Å². The number of hydrazine groups is 1. The normalized spacial score (nSPS) is 24.6. The molecule has 0 radical (unpaired) electrons. The second-order valence-corrected chi connectivity index (χ2v) is 8.34. The molecule has 1 aromatic rings. The van der Waals surface area contributed by atoms with Gasteiger partial charge in [-0.3, -0.25) is 15.0 Å². The molecular weight excluding hydrogens is 359 g/mol. The number of fused-ring (bicyclic) bond motifs is 1. The number of amides is 2. The second-order valence-electron chi connectivity index (χ2n) is 8.34. The van der Waals surface area contributed by atoms with E-state index in [1.807, 2.05) is 19.0 Å². The van der Waals surface area contributed by atoms with E-state index < -0.39 is 5.82 Å². The number of nitrogens with zero attached hydrogens (tertiary/aromatic N) is 2. The summed E-state index contributed by atoms with van der Waals surface area (Å²) in [4.78, 5) is 28.4. The van der Waals surface area contributed by atoms with Crippen LogP contribution in [0.3, 0.4) is 0 Å². The predicted molar refractivity (Wildman–Crippen MR) is 106 cm³/mol. The summed E-state index contributed by atoms with van der Waals surface area (Å²) in [5.41, 5.74) is 6.96. The summed E-state index contributed by atoms with van der Waals surface area (Å²) < 4.78 is 14.3. The van der Waals surface area contributed by atoms with Gasteiger partial charge in [-0.05, 0) is 57.0 Å². The minimum atomic E-state index is -0.495. The fourth-order valence-electron chi connectivity index (χ4n) is 4.31. The summed E-state index contributed by atoms with van der Waals surface area (Å²) in [6.45, 7) is 1.26. The number of halogens is 1. The minimum absolute atomic E-state index is 0.0544. The van der Waals surface area contributed by atoms with Gasteiger partial charge in [0.25, 0.3) is 5.91 Å². The molecule has 1 heterocycles. The number of carbonyl (C=O) groups excluding carboxylic acids is 2. The summed E-state index contributed by atoms with van der Waals surface area (Å²) in [5, 5.41) is 0. The van der Waals surface area contributed by atoms with Crippen LogP contribution in [-0.4, -0.2) is 61.9 Å². The van der Waals surface area contributed by atoms with Gasteiger partial charge in [-0.2, -0.15) is 0 Å². The molecule has 3 unspecified atom stereocenters. The highest BCUT2D eigenvalue weighted by Gasteiger charge is 2.39. The average molecular weight is 391 g/mol. The zero-order valence-electron chi connectivity index (χ0n) is 17.0. The van der Waals surface area contributed by atoms with Gasteiger partial charge < -0.3 is 9.80 Å². The van der Waals surface area contributed by atoms with E-state index in [4.69, 9.17) is 0 Å². The molecule has 2 amide bonds. The van der Waals surface area contributed by atoms with Crippen molar-refractivity contribution in [1.82, 2.24) is 20.7 Å². The predicted octanol–water partition coefficient (Wildman–Crippen LogP) is 1.81. The van der Waals surface area contributed by atoms with E-state index in [2.05, 4.69) is 10.9 Å². The third kappa shape index (κ3) is 4.70. The Hall–Kier alpha value is -1.99. The molecule has 2 aliphatic rings. The van der Waals surface area contributed by atoms with Gasteiger partial charge in [-0.15, -0.1) is 0 Å². The van der Waals surface area contributed by atoms with Crippen LogP contribution in [0.15, 0.2) is 18.2 Å². The molecule has 0 bridgehead atoms. The highest BCUT2D eigenvalue weighted by molar-refractivity contribution is 5.94. The van der Waals surface area contributed by atoms with Gasteiger partial charge in [0.1, 0.15) is 5.82 Å². The number of likely N-dealkylation sites (N-methyl/N-ethyl adjacent to an activating group) is 2. The van der Waals surface area contributed by atoms with E-state index in [1.165, 1.54) is 6.07 Å². The molecule has 28 heavy (non-hydrogen) atoms. The fraction of sp³-hybridized carbons (Fsp3) is 0.619. The summed E-state index contributed by atoms with van der Waals surface area (Å²) in [7, 11) is 5.57. The molecule has 154 valence electrons. The first-order valence-electron chi connectivity index (χ1n) is 10.1. The lowest BCUT2D eigenvalue weighted by Gasteiger charge is -2.41. The van der Waals surface area contributed by atoms with Crippen molar-refractivity contribution in [1.29, 1.82) is 0 Å². The van der Waals surface area contributed by atoms with Crippen LogP contribution >= 0.6 is 0 Å². The van der Waals surface area contributed by atoms with Gasteiger partial charge in [0.05, 0.1) is 5.56 Å². The molecule has 1 aliphatic heterocycles. The second kappa shape index (κ2) is 9.01. The van der Waals surface area contributed by atoms with Gasteiger partial charge in [-0.1, -0.05) is 18.9 Å². The summed E-state index contributed by atoms with van der Waals surface area (Å²) >= 11 is 0. The van der Waals surface area contributed by atoms with Gasteiger partial charge in [-0.25, -0.2) is 9.82 Å². The zero-order chi connectivity index (χ0) is 20.3. The molecule has 1 aromatic carbocycles. The molecule has 1 saturated carbocycles. The number of hydrogen-bond donors (Lipinski definition) is 2. The first-order chi connectivity index (χ1) is 13.4. The van der Waals surface area contributed by atoms with E-state index in [1.54, 1.807) is 24.1 Å². The topological polar surface area (TPSA) is 64.7 Å². The van der Waals surface area contributed by atoms with E-state index in [-0.39, 0.29) is 35.3 Å². The van der Waals surface area contributed by atoms with Crippen molar-refractivity contribution >= 4 is 11.8 Å². The van der Waals surface area contributed by atoms with Crippen LogP contribution in [0.5, 0.6) is 0 Å². The van der Waals surface area contributed by atoms with Gasteiger partial charge in [0.2, 0.25) is 5.91 Å². The van der Waals surface area contributed by atoms with Crippen molar-refractivity contribution in [2.75, 3.05) is 34.2 Å². The Morgan fingerprint density at radius 2 is 1.93 bits per heavy atom. The maximum atomic E-state index is 14.3. The first kappa shape index (κ1) is 20.7. The summed E-state index contributed by atoms with van der Waals surface area (Å²) in [6, 6.07) is 4.88. The smallest absolute Gasteiger partial charge is 0.256 e. The lowest BCUT2D eigenvalue weighted by molar-refractivity contribution is -0.133. The fourth-order valence-corrected chi connectivity index (χ4v) is 4.31. The van der Waals surface area contributed by atoms with Crippen molar-refractivity contribution in [3.05, 3.63) is 35.1 Å². The number of nitrogens with one attached hydrogen (secondary N) is 2. The molecule has 3 atom stereocenters. The molecule has 1 aliphatic carbocycles. The first-order valence-corrected chi connectivity index (χ1v) is 10.1. The Kier molecular flexibility index (Phi) is 6.67. The van der Waals surface area contributed by atoms with Gasteiger partial charge in [0, 0.05) is 32.1 Å². The lowest BCUT2D eigenvalue weighted by Crippen LogP contribution is -2.60. The SMILES string of the molecule is CN(C)CCN(C)C(=O)c1cc(CC2NNC(=O)C3CCCCC23)ccc1F. The van der Waals surface area contributed by atoms with Crippen molar-refractivity contribution in [2.45, 2.75) is 38.1 Å². The van der Waals surface area contributed by atoms with Crippen LogP contribution in [0, 0.1) is 17.7 Å². The van der Waals surface area contributed by atoms with Gasteiger partial charge >= 0.3 is 0 Å². The van der Waals surface area contributed by atoms with Crippen molar-refractivity contribution in [2.24, 2.45) is 11.8 Å². The third-order valence-electron chi connectivity index (χ3n) is 6.00. The number of benzene rings is 1. The molecule has 6 nitrogen and oxygen atoms in total. The Balaban J connectivity index is 1.72. The molecular formula is C21H31FN4O2. The van der Waals surface area contributed by atoms with Crippen molar-refractivity contribution in [3.8, 4) is 0 Å². The number of rotatable bonds is 6. The Morgan fingerprint density at radius 3 is 2.68 bits per heavy atom. The Morgan fingerprint density at radius 1 is 1.18 bits per heavy atom. The Labute approximate surface area is 166 Å². The molecule has 0 spiro atoms. The maximum Gasteiger partial charge on any atom is 0.256 e. The van der Waals surface area contributed by atoms with Crippen LogP contribution in [0.4, 0.5) is 4.39 Å². The van der Waals surface area contributed by atoms with E-state index >= 15 is 0 Å². The molecule has 1 saturated heterocycles. The standard InChI is InChI=1S/C21H31FN4O2/c1-25(2)10-11-26(3)21(28)17-12-14(8-9-18(17)22)13-19-15-6-4-5-7-16(15)20(27)24-23-19/h8-9,12,15-16,19,23H,4-7,10-11,13H2,1-3H3,(H,24,27). The van der Waals surface area contributed by atoms with Crippen molar-refractivity contribution < 1.29 is 14.0 Å². The van der Waals surface area contributed by atoms with E-state index in [9.17, 15) is 14.0 Å². The molecule has 0 aromatic heterocycles. The summed E-state index contributed by atoms with van der Waals surface area (Å²) in [6.07, 6.45) is 4.84. The van der Waals surface area contributed by atoms with Gasteiger partial charge in [0.15, 0.2) is 0 Å². The lowest BCUT2D eigenvalue weighted by atomic mass is 9.72. The molecule has 2 fully saturated rings.